The van der Waals surface area contributed by atoms with Crippen molar-refractivity contribution in [1.82, 2.24) is 0 Å². The maximum Gasteiger partial charge on any atom is 0.303 e. The Morgan fingerprint density at radius 2 is 2.58 bits per heavy atom. The molecule has 0 aliphatic rings. The zero-order chi connectivity index (χ0) is 8.97. The van der Waals surface area contributed by atoms with Crippen molar-refractivity contribution in [1.29, 1.82) is 0 Å². The number of thiophene rings is 1. The Morgan fingerprint density at radius 1 is 1.83 bits per heavy atom. The lowest BCUT2D eigenvalue weighted by Crippen LogP contribution is -2.03. The van der Waals surface area contributed by atoms with E-state index in [2.05, 4.69) is 6.58 Å². The molecule has 1 rings (SSSR count). The van der Waals surface area contributed by atoms with Gasteiger partial charge in [0.05, 0.1) is 0 Å². The predicted octanol–water partition coefficient (Wildman–Crippen LogP) is 2.54. The summed E-state index contributed by atoms with van der Waals surface area (Å²) in [5.74, 6) is -0.284. The van der Waals surface area contributed by atoms with Gasteiger partial charge in [0, 0.05) is 11.8 Å². The summed E-state index contributed by atoms with van der Waals surface area (Å²) in [6, 6.07) is 3.83. The molecule has 1 heterocycles. The monoisotopic (exact) mass is 182 g/mol. The second-order valence-electron chi connectivity index (χ2n) is 2.28. The summed E-state index contributed by atoms with van der Waals surface area (Å²) in [6.45, 7) is 4.99. The summed E-state index contributed by atoms with van der Waals surface area (Å²) in [4.78, 5) is 11.6. The summed E-state index contributed by atoms with van der Waals surface area (Å²) < 4.78 is 5.00. The molecule has 0 aliphatic carbocycles. The van der Waals surface area contributed by atoms with Gasteiger partial charge in [0.2, 0.25) is 0 Å². The summed E-state index contributed by atoms with van der Waals surface area (Å²) >= 11 is 1.55. The summed E-state index contributed by atoms with van der Waals surface area (Å²) in [6.07, 6.45) is 1.33. The molecule has 1 atom stereocenters. The second-order valence-corrected chi connectivity index (χ2v) is 3.26. The molecule has 1 aromatic heterocycles. The van der Waals surface area contributed by atoms with Crippen LogP contribution in [-0.2, 0) is 9.53 Å². The summed E-state index contributed by atoms with van der Waals surface area (Å²) in [5.41, 5.74) is 0. The van der Waals surface area contributed by atoms with Crippen molar-refractivity contribution in [3.63, 3.8) is 0 Å². The molecular weight excluding hydrogens is 172 g/mol. The van der Waals surface area contributed by atoms with E-state index in [0.29, 0.717) is 0 Å². The molecule has 3 heteroatoms. The average Bonchev–Trinajstić information content (AvgIpc) is 2.51. The Bertz CT molecular complexity index is 264. The van der Waals surface area contributed by atoms with Crippen LogP contribution in [0.5, 0.6) is 0 Å². The number of carbonyl (C=O) groups is 1. The average molecular weight is 182 g/mol. The van der Waals surface area contributed by atoms with Gasteiger partial charge < -0.3 is 4.74 Å². The standard InChI is InChI=1S/C9H10O2S/c1-3-8(11-7(2)10)9-5-4-6-12-9/h3-6,8H,1H2,2H3. The third-order valence-corrected chi connectivity index (χ3v) is 2.26. The van der Waals surface area contributed by atoms with Gasteiger partial charge in [-0.15, -0.1) is 11.3 Å². The molecule has 0 radical (unpaired) electrons. The largest absolute Gasteiger partial charge is 0.453 e. The zero-order valence-corrected chi connectivity index (χ0v) is 7.64. The van der Waals surface area contributed by atoms with Crippen molar-refractivity contribution < 1.29 is 9.53 Å². The first kappa shape index (κ1) is 9.00. The Hall–Kier alpha value is -1.09. The van der Waals surface area contributed by atoms with E-state index in [0.717, 1.165) is 4.88 Å². The van der Waals surface area contributed by atoms with Crippen molar-refractivity contribution in [2.45, 2.75) is 13.0 Å². The van der Waals surface area contributed by atoms with Crippen LogP contribution in [0.15, 0.2) is 30.2 Å². The van der Waals surface area contributed by atoms with Gasteiger partial charge >= 0.3 is 5.97 Å². The highest BCUT2D eigenvalue weighted by Gasteiger charge is 2.10. The third kappa shape index (κ3) is 2.20. The quantitative estimate of drug-likeness (QED) is 0.530. The fourth-order valence-electron chi connectivity index (χ4n) is 0.854. The molecule has 0 fully saturated rings. The maximum absolute atomic E-state index is 10.6. The van der Waals surface area contributed by atoms with Crippen LogP contribution < -0.4 is 0 Å². The number of esters is 1. The van der Waals surface area contributed by atoms with E-state index in [9.17, 15) is 4.79 Å². The SMILES string of the molecule is C=CC(OC(C)=O)c1cccs1. The molecule has 2 nitrogen and oxygen atoms in total. The molecule has 12 heavy (non-hydrogen) atoms. The highest BCUT2D eigenvalue weighted by Crippen LogP contribution is 2.23. The molecule has 0 amide bonds. The fourth-order valence-corrected chi connectivity index (χ4v) is 1.60. The van der Waals surface area contributed by atoms with Gasteiger partial charge in [0.15, 0.2) is 6.10 Å². The van der Waals surface area contributed by atoms with Gasteiger partial charge in [0.25, 0.3) is 0 Å². The van der Waals surface area contributed by atoms with E-state index in [1.807, 2.05) is 17.5 Å². The molecule has 0 N–H and O–H groups in total. The molecule has 0 aliphatic heterocycles. The van der Waals surface area contributed by atoms with Gasteiger partial charge in [-0.25, -0.2) is 0 Å². The number of hydrogen-bond donors (Lipinski definition) is 0. The minimum absolute atomic E-state index is 0.284. The van der Waals surface area contributed by atoms with Crippen LogP contribution in [0.2, 0.25) is 0 Å². The van der Waals surface area contributed by atoms with Gasteiger partial charge in [-0.3, -0.25) is 4.79 Å². The van der Waals surface area contributed by atoms with Gasteiger partial charge in [-0.1, -0.05) is 12.6 Å². The maximum atomic E-state index is 10.6. The second kappa shape index (κ2) is 4.07. The van der Waals surface area contributed by atoms with E-state index >= 15 is 0 Å². The van der Waals surface area contributed by atoms with E-state index in [1.54, 1.807) is 17.4 Å². The van der Waals surface area contributed by atoms with E-state index in [1.165, 1.54) is 6.92 Å². The number of hydrogen-bond acceptors (Lipinski definition) is 3. The highest BCUT2D eigenvalue weighted by atomic mass is 32.1. The summed E-state index contributed by atoms with van der Waals surface area (Å²) in [5, 5.41) is 1.94. The van der Waals surface area contributed by atoms with Gasteiger partial charge in [0.1, 0.15) is 0 Å². The third-order valence-electron chi connectivity index (χ3n) is 1.33. The minimum atomic E-state index is -0.289. The van der Waals surface area contributed by atoms with Crippen molar-refractivity contribution in [2.75, 3.05) is 0 Å². The van der Waals surface area contributed by atoms with Crippen LogP contribution in [-0.4, -0.2) is 5.97 Å². The molecule has 0 saturated carbocycles. The summed E-state index contributed by atoms with van der Waals surface area (Å²) in [7, 11) is 0. The lowest BCUT2D eigenvalue weighted by molar-refractivity contribution is -0.144. The van der Waals surface area contributed by atoms with E-state index < -0.39 is 0 Å². The van der Waals surface area contributed by atoms with Crippen molar-refractivity contribution in [3.05, 3.63) is 35.0 Å². The highest BCUT2D eigenvalue weighted by molar-refractivity contribution is 7.10. The number of ether oxygens (including phenoxy) is 1. The Kier molecular flexibility index (Phi) is 3.05. The van der Waals surface area contributed by atoms with Crippen LogP contribution in [0.4, 0.5) is 0 Å². The fraction of sp³-hybridized carbons (Fsp3) is 0.222. The first-order valence-corrected chi connectivity index (χ1v) is 4.45. The zero-order valence-electron chi connectivity index (χ0n) is 6.82. The molecule has 1 unspecified atom stereocenters. The van der Waals surface area contributed by atoms with Crippen LogP contribution in [0.1, 0.15) is 17.9 Å². The molecule has 1 aromatic rings. The lowest BCUT2D eigenvalue weighted by atomic mass is 10.3. The minimum Gasteiger partial charge on any atom is -0.453 e. The normalized spacial score (nSPS) is 12.1. The van der Waals surface area contributed by atoms with Gasteiger partial charge in [-0.2, -0.15) is 0 Å². The molecule has 0 spiro atoms. The number of carbonyl (C=O) groups excluding carboxylic acids is 1. The molecule has 64 valence electrons. The van der Waals surface area contributed by atoms with Gasteiger partial charge in [-0.05, 0) is 17.5 Å². The van der Waals surface area contributed by atoms with Crippen LogP contribution >= 0.6 is 11.3 Å². The van der Waals surface area contributed by atoms with Crippen molar-refractivity contribution in [3.8, 4) is 0 Å². The topological polar surface area (TPSA) is 26.3 Å². The number of rotatable bonds is 3. The van der Waals surface area contributed by atoms with Crippen LogP contribution in [0.3, 0.4) is 0 Å². The molecular formula is C9H10O2S. The first-order chi connectivity index (χ1) is 5.74. The van der Waals surface area contributed by atoms with Crippen LogP contribution in [0.25, 0.3) is 0 Å². The van der Waals surface area contributed by atoms with E-state index in [-0.39, 0.29) is 12.1 Å². The lowest BCUT2D eigenvalue weighted by Gasteiger charge is -2.09. The predicted molar refractivity (Wildman–Crippen MR) is 49.0 cm³/mol. The Morgan fingerprint density at radius 3 is 3.00 bits per heavy atom. The molecule has 0 bridgehead atoms. The Labute approximate surface area is 75.5 Å². The van der Waals surface area contributed by atoms with Crippen molar-refractivity contribution in [2.24, 2.45) is 0 Å². The van der Waals surface area contributed by atoms with Crippen molar-refractivity contribution >= 4 is 17.3 Å². The Balaban J connectivity index is 2.69. The smallest absolute Gasteiger partial charge is 0.303 e. The molecule has 0 aromatic carbocycles. The molecule has 0 saturated heterocycles. The first-order valence-electron chi connectivity index (χ1n) is 3.57. The van der Waals surface area contributed by atoms with Crippen LogP contribution in [0, 0.1) is 0 Å². The van der Waals surface area contributed by atoms with E-state index in [4.69, 9.17) is 4.74 Å².